The Morgan fingerprint density at radius 3 is 1.98 bits per heavy atom. The SMILES string of the molecule is CC(=O)[C@H](Cc1ccc(O)c(Br)c1)NC(=O)[C@H](C)CC(=O)[C@H](c1ccc(O)c(Br)c1)N(C)C(=O)[C@H](CCCCN)CC(=O)c1ccc(-c2ccc(Cl)cc2)cc1. The van der Waals surface area contributed by atoms with Gasteiger partial charge in [0.1, 0.15) is 17.5 Å². The maximum atomic E-state index is 14.4. The van der Waals surface area contributed by atoms with Crippen molar-refractivity contribution in [3.05, 3.63) is 116 Å². The number of halogens is 3. The average Bonchev–Trinajstić information content (AvgIpc) is 3.17. The summed E-state index contributed by atoms with van der Waals surface area (Å²) >= 11 is 12.6. The first-order valence-corrected chi connectivity index (χ1v) is 20.2. The van der Waals surface area contributed by atoms with Crippen LogP contribution in [0.5, 0.6) is 11.5 Å². The third kappa shape index (κ3) is 12.1. The Bertz CT molecular complexity index is 2040. The molecule has 296 valence electrons. The maximum absolute atomic E-state index is 14.4. The quantitative estimate of drug-likeness (QED) is 0.0538. The van der Waals surface area contributed by atoms with E-state index in [-0.39, 0.29) is 42.3 Å². The Morgan fingerprint density at radius 1 is 0.821 bits per heavy atom. The van der Waals surface area contributed by atoms with Crippen LogP contribution < -0.4 is 11.1 Å². The number of phenols is 2. The topological polar surface area (TPSA) is 167 Å². The zero-order valence-corrected chi connectivity index (χ0v) is 35.4. The predicted octanol–water partition coefficient (Wildman–Crippen LogP) is 8.37. The fraction of sp³-hybridized carbons (Fsp3) is 0.326. The van der Waals surface area contributed by atoms with Gasteiger partial charge in [-0.05, 0) is 123 Å². The first-order valence-electron chi connectivity index (χ1n) is 18.2. The van der Waals surface area contributed by atoms with Crippen molar-refractivity contribution in [3.63, 3.8) is 0 Å². The lowest BCUT2D eigenvalue weighted by atomic mass is 9.89. The molecule has 0 radical (unpaired) electrons. The number of hydrogen-bond acceptors (Lipinski definition) is 8. The molecule has 0 fully saturated rings. The largest absolute Gasteiger partial charge is 0.507 e. The van der Waals surface area contributed by atoms with E-state index < -0.39 is 41.5 Å². The van der Waals surface area contributed by atoms with E-state index in [9.17, 15) is 34.2 Å². The van der Waals surface area contributed by atoms with Crippen molar-refractivity contribution in [3.8, 4) is 22.6 Å². The molecular weight excluding hydrogens is 866 g/mol. The fourth-order valence-electron chi connectivity index (χ4n) is 6.44. The Hall–Kier alpha value is -4.36. The first kappa shape index (κ1) is 44.4. The van der Waals surface area contributed by atoms with Crippen LogP contribution in [-0.2, 0) is 25.6 Å². The van der Waals surface area contributed by atoms with E-state index in [2.05, 4.69) is 37.2 Å². The van der Waals surface area contributed by atoms with Gasteiger partial charge in [-0.1, -0.05) is 73.5 Å². The molecule has 4 atom stereocenters. The summed E-state index contributed by atoms with van der Waals surface area (Å²) in [6, 6.07) is 21.7. The number of nitrogens with one attached hydrogen (secondary N) is 1. The minimum atomic E-state index is -1.17. The van der Waals surface area contributed by atoms with Crippen LogP contribution in [0, 0.1) is 11.8 Å². The Labute approximate surface area is 349 Å². The molecule has 0 aliphatic carbocycles. The van der Waals surface area contributed by atoms with Gasteiger partial charge in [0.05, 0.1) is 15.0 Å². The van der Waals surface area contributed by atoms with Gasteiger partial charge in [0, 0.05) is 42.3 Å². The van der Waals surface area contributed by atoms with Gasteiger partial charge in [0.15, 0.2) is 17.3 Å². The number of ketones is 3. The molecule has 0 aromatic heterocycles. The highest BCUT2D eigenvalue weighted by Gasteiger charge is 2.35. The molecule has 0 aliphatic rings. The third-order valence-electron chi connectivity index (χ3n) is 9.71. The van der Waals surface area contributed by atoms with Crippen LogP contribution in [0.15, 0.2) is 93.9 Å². The van der Waals surface area contributed by atoms with Crippen molar-refractivity contribution in [2.75, 3.05) is 13.6 Å². The molecular formula is C43H46Br2ClN3O7. The van der Waals surface area contributed by atoms with E-state index in [1.165, 1.54) is 37.1 Å². The molecule has 2 amide bonds. The van der Waals surface area contributed by atoms with Crippen molar-refractivity contribution < 1.29 is 34.2 Å². The van der Waals surface area contributed by atoms with Crippen molar-refractivity contribution >= 4 is 72.6 Å². The number of nitrogens with zero attached hydrogens (tertiary/aromatic N) is 1. The molecule has 0 aliphatic heterocycles. The molecule has 0 spiro atoms. The smallest absolute Gasteiger partial charge is 0.226 e. The molecule has 4 aromatic carbocycles. The van der Waals surface area contributed by atoms with E-state index in [0.29, 0.717) is 56.5 Å². The number of hydrogen-bond donors (Lipinski definition) is 4. The summed E-state index contributed by atoms with van der Waals surface area (Å²) in [5, 5.41) is 23.5. The van der Waals surface area contributed by atoms with Gasteiger partial charge in [-0.2, -0.15) is 0 Å². The second-order valence-corrected chi connectivity index (χ2v) is 16.1. The summed E-state index contributed by atoms with van der Waals surface area (Å²) in [6.07, 6.45) is 1.37. The highest BCUT2D eigenvalue weighted by atomic mass is 79.9. The number of likely N-dealkylation sites (N-methyl/N-ethyl adjacent to an activating group) is 1. The van der Waals surface area contributed by atoms with E-state index in [1.54, 1.807) is 49.4 Å². The standard InChI is InChI=1S/C43H46Br2ClN3O7/c1-25(42(55)48-36(26(2)50)22-27-7-17-37(51)34(44)21-27)20-40(54)41(31-14-18-38(52)35(45)23-31)49(3)43(56)32(6-4-5-19-47)24-39(53)30-10-8-28(9-11-30)29-12-15-33(46)16-13-29/h7-18,21,23,25,32,36,41,51-52H,4-6,19-20,22,24,47H2,1-3H3,(H,48,55)/t25-,32-,36+,41+/m1/s1. The number of rotatable bonds is 19. The number of Topliss-reactive ketones (excluding diaryl/α,β-unsaturated/α-hetero) is 3. The zero-order valence-electron chi connectivity index (χ0n) is 31.4. The number of carbonyl (C=O) groups excluding carboxylic acids is 5. The number of phenolic OH excluding ortho intramolecular Hbond substituents is 2. The second kappa shape index (κ2) is 20.7. The van der Waals surface area contributed by atoms with Crippen molar-refractivity contribution in [2.45, 2.75) is 64.5 Å². The lowest BCUT2D eigenvalue weighted by Gasteiger charge is -2.32. The molecule has 10 nitrogen and oxygen atoms in total. The van der Waals surface area contributed by atoms with Crippen molar-refractivity contribution in [2.24, 2.45) is 17.6 Å². The van der Waals surface area contributed by atoms with Gasteiger partial charge < -0.3 is 26.2 Å². The van der Waals surface area contributed by atoms with E-state index in [0.717, 1.165) is 11.1 Å². The number of unbranched alkanes of at least 4 members (excludes halogenated alkanes) is 1. The van der Waals surface area contributed by atoms with Crippen LogP contribution in [0.3, 0.4) is 0 Å². The number of amides is 2. The van der Waals surface area contributed by atoms with Crippen LogP contribution in [0.1, 0.15) is 73.5 Å². The molecule has 4 rings (SSSR count). The Kier molecular flexibility index (Phi) is 16.4. The summed E-state index contributed by atoms with van der Waals surface area (Å²) in [6.45, 7) is 3.34. The van der Waals surface area contributed by atoms with Crippen LogP contribution in [-0.4, -0.2) is 63.9 Å². The van der Waals surface area contributed by atoms with E-state index in [1.807, 2.05) is 24.3 Å². The predicted molar refractivity (Wildman–Crippen MR) is 224 cm³/mol. The summed E-state index contributed by atoms with van der Waals surface area (Å²) in [5.41, 5.74) is 9.15. The third-order valence-corrected chi connectivity index (χ3v) is 11.2. The summed E-state index contributed by atoms with van der Waals surface area (Å²) in [4.78, 5) is 69.6. The second-order valence-electron chi connectivity index (χ2n) is 14.0. The molecule has 0 saturated carbocycles. The molecule has 0 unspecified atom stereocenters. The molecule has 56 heavy (non-hydrogen) atoms. The number of nitrogens with two attached hydrogens (primary N) is 1. The highest BCUT2D eigenvalue weighted by molar-refractivity contribution is 9.10. The average molecular weight is 912 g/mol. The van der Waals surface area contributed by atoms with E-state index >= 15 is 0 Å². The minimum Gasteiger partial charge on any atom is -0.507 e. The van der Waals surface area contributed by atoms with E-state index in [4.69, 9.17) is 17.3 Å². The van der Waals surface area contributed by atoms with Gasteiger partial charge in [0.25, 0.3) is 0 Å². The lowest BCUT2D eigenvalue weighted by Crippen LogP contribution is -2.45. The van der Waals surface area contributed by atoms with Crippen LogP contribution in [0.4, 0.5) is 0 Å². The summed E-state index contributed by atoms with van der Waals surface area (Å²) < 4.78 is 0.754. The van der Waals surface area contributed by atoms with Gasteiger partial charge >= 0.3 is 0 Å². The Morgan fingerprint density at radius 2 is 1.41 bits per heavy atom. The molecule has 5 N–H and O–H groups in total. The highest BCUT2D eigenvalue weighted by Crippen LogP contribution is 2.33. The molecule has 13 heteroatoms. The van der Waals surface area contributed by atoms with Crippen molar-refractivity contribution in [1.29, 1.82) is 0 Å². The van der Waals surface area contributed by atoms with Gasteiger partial charge in [0.2, 0.25) is 11.8 Å². The number of aromatic hydroxyl groups is 2. The van der Waals surface area contributed by atoms with Gasteiger partial charge in [-0.3, -0.25) is 24.0 Å². The molecule has 0 heterocycles. The van der Waals surface area contributed by atoms with Crippen LogP contribution in [0.25, 0.3) is 11.1 Å². The lowest BCUT2D eigenvalue weighted by molar-refractivity contribution is -0.142. The van der Waals surface area contributed by atoms with Gasteiger partial charge in [-0.25, -0.2) is 0 Å². The first-order chi connectivity index (χ1) is 26.6. The summed E-state index contributed by atoms with van der Waals surface area (Å²) in [7, 11) is 1.50. The normalized spacial score (nSPS) is 13.3. The van der Waals surface area contributed by atoms with Crippen molar-refractivity contribution in [1.82, 2.24) is 10.2 Å². The molecule has 0 bridgehead atoms. The monoisotopic (exact) mass is 909 g/mol. The summed E-state index contributed by atoms with van der Waals surface area (Å²) in [5.74, 6) is -3.61. The van der Waals surface area contributed by atoms with Crippen LogP contribution in [0.2, 0.25) is 5.02 Å². The van der Waals surface area contributed by atoms with Gasteiger partial charge in [-0.15, -0.1) is 0 Å². The molecule has 0 saturated heterocycles. The fourth-order valence-corrected chi connectivity index (χ4v) is 7.39. The Balaban J connectivity index is 1.55. The minimum absolute atomic E-state index is 0.0388. The number of benzene rings is 4. The maximum Gasteiger partial charge on any atom is 0.226 e. The number of carbonyl (C=O) groups is 5. The van der Waals surface area contributed by atoms with Crippen LogP contribution >= 0.6 is 43.5 Å². The zero-order chi connectivity index (χ0) is 41.1. The molecule has 4 aromatic rings.